The van der Waals surface area contributed by atoms with Crippen molar-refractivity contribution in [1.29, 1.82) is 0 Å². The normalized spacial score (nSPS) is 12.1. The van der Waals surface area contributed by atoms with Crippen molar-refractivity contribution in [2.24, 2.45) is 0 Å². The van der Waals surface area contributed by atoms with Gasteiger partial charge in [0.15, 0.2) is 0 Å². The van der Waals surface area contributed by atoms with Gasteiger partial charge in [-0.2, -0.15) is 5.10 Å². The maximum absolute atomic E-state index is 4.43. The molecular formula is C15H22N4. The van der Waals surface area contributed by atoms with Crippen molar-refractivity contribution in [2.75, 3.05) is 7.05 Å². The van der Waals surface area contributed by atoms with Gasteiger partial charge in [0.1, 0.15) is 0 Å². The van der Waals surface area contributed by atoms with Gasteiger partial charge >= 0.3 is 0 Å². The number of hydrogen-bond donors (Lipinski definition) is 0. The third-order valence-corrected chi connectivity index (χ3v) is 2.95. The standard InChI is InChI=1S/C15H22N4/c1-15(2,3)19-12-14(9-17-19)11-18(4)10-13-6-5-7-16-8-13/h5-9,12H,10-11H2,1-4H3. The molecule has 0 unspecified atom stereocenters. The lowest BCUT2D eigenvalue weighted by molar-refractivity contribution is 0.317. The van der Waals surface area contributed by atoms with E-state index in [0.29, 0.717) is 0 Å². The summed E-state index contributed by atoms with van der Waals surface area (Å²) in [6, 6.07) is 4.07. The lowest BCUT2D eigenvalue weighted by Crippen LogP contribution is -2.22. The summed E-state index contributed by atoms with van der Waals surface area (Å²) in [6.45, 7) is 8.26. The Labute approximate surface area is 115 Å². The molecule has 0 amide bonds. The first-order valence-electron chi connectivity index (χ1n) is 6.56. The monoisotopic (exact) mass is 258 g/mol. The summed E-state index contributed by atoms with van der Waals surface area (Å²) >= 11 is 0. The third kappa shape index (κ3) is 3.89. The van der Waals surface area contributed by atoms with E-state index in [2.05, 4.69) is 55.1 Å². The summed E-state index contributed by atoms with van der Waals surface area (Å²) in [5.41, 5.74) is 2.51. The predicted octanol–water partition coefficient (Wildman–Crippen LogP) is 2.67. The van der Waals surface area contributed by atoms with Crippen molar-refractivity contribution in [2.45, 2.75) is 39.4 Å². The molecule has 0 N–H and O–H groups in total. The number of aromatic nitrogens is 3. The lowest BCUT2D eigenvalue weighted by Gasteiger charge is -2.19. The highest BCUT2D eigenvalue weighted by molar-refractivity contribution is 5.09. The van der Waals surface area contributed by atoms with Crippen LogP contribution in [0.4, 0.5) is 0 Å². The highest BCUT2D eigenvalue weighted by Gasteiger charge is 2.14. The van der Waals surface area contributed by atoms with E-state index in [1.165, 1.54) is 11.1 Å². The fraction of sp³-hybridized carbons (Fsp3) is 0.467. The molecule has 0 bridgehead atoms. The molecule has 0 aliphatic heterocycles. The van der Waals surface area contributed by atoms with E-state index in [4.69, 9.17) is 0 Å². The van der Waals surface area contributed by atoms with Crippen LogP contribution >= 0.6 is 0 Å². The molecule has 0 fully saturated rings. The van der Waals surface area contributed by atoms with Crippen molar-refractivity contribution >= 4 is 0 Å². The van der Waals surface area contributed by atoms with Gasteiger partial charge in [0.05, 0.1) is 11.7 Å². The van der Waals surface area contributed by atoms with E-state index in [0.717, 1.165) is 13.1 Å². The van der Waals surface area contributed by atoms with Crippen LogP contribution in [0.15, 0.2) is 36.9 Å². The van der Waals surface area contributed by atoms with Crippen LogP contribution in [0.25, 0.3) is 0 Å². The average Bonchev–Trinajstić information content (AvgIpc) is 2.78. The minimum Gasteiger partial charge on any atom is -0.298 e. The Morgan fingerprint density at radius 2 is 1.89 bits per heavy atom. The summed E-state index contributed by atoms with van der Waals surface area (Å²) in [4.78, 5) is 6.40. The molecule has 0 radical (unpaired) electrons. The van der Waals surface area contributed by atoms with Crippen LogP contribution in [0.3, 0.4) is 0 Å². The number of hydrogen-bond acceptors (Lipinski definition) is 3. The van der Waals surface area contributed by atoms with Crippen LogP contribution in [0, 0.1) is 0 Å². The van der Waals surface area contributed by atoms with Crippen LogP contribution in [-0.4, -0.2) is 26.7 Å². The minimum absolute atomic E-state index is 0.0418. The average molecular weight is 258 g/mol. The van der Waals surface area contributed by atoms with Crippen LogP contribution in [0.5, 0.6) is 0 Å². The van der Waals surface area contributed by atoms with Crippen molar-refractivity contribution < 1.29 is 0 Å². The molecular weight excluding hydrogens is 236 g/mol. The third-order valence-electron chi connectivity index (χ3n) is 2.95. The Balaban J connectivity index is 1.96. The quantitative estimate of drug-likeness (QED) is 0.845. The van der Waals surface area contributed by atoms with E-state index in [9.17, 15) is 0 Å². The fourth-order valence-electron chi connectivity index (χ4n) is 1.98. The second-order valence-corrected chi connectivity index (χ2v) is 6.00. The molecule has 0 spiro atoms. The first-order chi connectivity index (χ1) is 8.95. The van der Waals surface area contributed by atoms with E-state index in [1.807, 2.05) is 23.1 Å². The molecule has 0 saturated carbocycles. The van der Waals surface area contributed by atoms with E-state index in [-0.39, 0.29) is 5.54 Å². The van der Waals surface area contributed by atoms with Crippen LogP contribution in [-0.2, 0) is 18.6 Å². The van der Waals surface area contributed by atoms with E-state index < -0.39 is 0 Å². The molecule has 4 nitrogen and oxygen atoms in total. The van der Waals surface area contributed by atoms with Crippen molar-refractivity contribution in [3.05, 3.63) is 48.0 Å². The number of rotatable bonds is 4. The first kappa shape index (κ1) is 13.7. The first-order valence-corrected chi connectivity index (χ1v) is 6.56. The van der Waals surface area contributed by atoms with Crippen molar-refractivity contribution in [1.82, 2.24) is 19.7 Å². The van der Waals surface area contributed by atoms with Crippen LogP contribution in [0.1, 0.15) is 31.9 Å². The second kappa shape index (κ2) is 5.53. The highest BCUT2D eigenvalue weighted by Crippen LogP contribution is 2.14. The molecule has 19 heavy (non-hydrogen) atoms. The van der Waals surface area contributed by atoms with Gasteiger partial charge in [-0.15, -0.1) is 0 Å². The Kier molecular flexibility index (Phi) is 4.00. The predicted molar refractivity (Wildman–Crippen MR) is 76.6 cm³/mol. The van der Waals surface area contributed by atoms with Gasteiger partial charge in [-0.1, -0.05) is 6.07 Å². The zero-order chi connectivity index (χ0) is 13.9. The Morgan fingerprint density at radius 1 is 1.16 bits per heavy atom. The van der Waals surface area contributed by atoms with Gasteiger partial charge < -0.3 is 0 Å². The zero-order valence-corrected chi connectivity index (χ0v) is 12.2. The molecule has 2 heterocycles. The molecule has 0 saturated heterocycles. The van der Waals surface area contributed by atoms with Crippen LogP contribution in [0.2, 0.25) is 0 Å². The minimum atomic E-state index is 0.0418. The van der Waals surface area contributed by atoms with Crippen molar-refractivity contribution in [3.63, 3.8) is 0 Å². The largest absolute Gasteiger partial charge is 0.298 e. The Hall–Kier alpha value is -1.68. The summed E-state index contributed by atoms with van der Waals surface area (Å²) in [6.07, 6.45) is 7.79. The summed E-state index contributed by atoms with van der Waals surface area (Å²) in [5.74, 6) is 0. The number of nitrogens with zero attached hydrogens (tertiary/aromatic N) is 4. The summed E-state index contributed by atoms with van der Waals surface area (Å²) in [7, 11) is 2.11. The lowest BCUT2D eigenvalue weighted by atomic mass is 10.1. The molecule has 0 aliphatic carbocycles. The van der Waals surface area contributed by atoms with E-state index in [1.54, 1.807) is 6.20 Å². The van der Waals surface area contributed by atoms with Gasteiger partial charge in [0, 0.05) is 37.2 Å². The highest BCUT2D eigenvalue weighted by atomic mass is 15.3. The van der Waals surface area contributed by atoms with Gasteiger partial charge in [0.2, 0.25) is 0 Å². The molecule has 102 valence electrons. The number of pyridine rings is 1. The molecule has 2 rings (SSSR count). The Bertz CT molecular complexity index is 510. The summed E-state index contributed by atoms with van der Waals surface area (Å²) < 4.78 is 2.01. The van der Waals surface area contributed by atoms with Gasteiger partial charge in [-0.25, -0.2) is 0 Å². The zero-order valence-electron chi connectivity index (χ0n) is 12.2. The molecule has 2 aromatic heterocycles. The SMILES string of the molecule is CN(Cc1cccnc1)Cc1cnn(C(C)(C)C)c1. The molecule has 0 atom stereocenters. The topological polar surface area (TPSA) is 34.0 Å². The second-order valence-electron chi connectivity index (χ2n) is 6.00. The Morgan fingerprint density at radius 3 is 2.47 bits per heavy atom. The summed E-state index contributed by atoms with van der Waals surface area (Å²) in [5, 5.41) is 4.43. The fourth-order valence-corrected chi connectivity index (χ4v) is 1.98. The molecule has 0 aromatic carbocycles. The maximum Gasteiger partial charge on any atom is 0.0543 e. The smallest absolute Gasteiger partial charge is 0.0543 e. The van der Waals surface area contributed by atoms with Crippen molar-refractivity contribution in [3.8, 4) is 0 Å². The molecule has 4 heteroatoms. The van der Waals surface area contributed by atoms with Gasteiger partial charge in [-0.3, -0.25) is 14.6 Å². The van der Waals surface area contributed by atoms with Crippen LogP contribution < -0.4 is 0 Å². The van der Waals surface area contributed by atoms with E-state index >= 15 is 0 Å². The van der Waals surface area contributed by atoms with Gasteiger partial charge in [0.25, 0.3) is 0 Å². The molecule has 2 aromatic rings. The van der Waals surface area contributed by atoms with Gasteiger partial charge in [-0.05, 0) is 39.4 Å². The maximum atomic E-state index is 4.43. The molecule has 0 aliphatic rings.